The Bertz CT molecular complexity index is 1180. The average molecular weight is 455 g/mol. The van der Waals surface area contributed by atoms with Crippen molar-refractivity contribution in [2.75, 3.05) is 0 Å². The number of hydrogen-bond donors (Lipinski definition) is 2. The molecular formula is C26H34N2O5. The van der Waals surface area contributed by atoms with Crippen LogP contribution in [0.4, 0.5) is 0 Å². The van der Waals surface area contributed by atoms with Crippen molar-refractivity contribution in [3.63, 3.8) is 0 Å². The summed E-state index contributed by atoms with van der Waals surface area (Å²) in [6, 6.07) is 0. The first-order valence-electron chi connectivity index (χ1n) is 12.3. The Balaban J connectivity index is 1.44. The number of aromatic amines is 1. The van der Waals surface area contributed by atoms with E-state index in [1.807, 2.05) is 13.0 Å². The summed E-state index contributed by atoms with van der Waals surface area (Å²) in [4.78, 5) is 52.7. The Morgan fingerprint density at radius 2 is 1.82 bits per heavy atom. The first-order chi connectivity index (χ1) is 15.5. The molecule has 0 aliphatic heterocycles. The van der Waals surface area contributed by atoms with Crippen LogP contribution in [0.5, 0.6) is 0 Å². The second-order valence-corrected chi connectivity index (χ2v) is 11.4. The molecule has 1 aromatic rings. The molecular weight excluding hydrogens is 420 g/mol. The Hall–Kier alpha value is -2.28. The molecule has 3 saturated carbocycles. The number of rotatable bonds is 3. The summed E-state index contributed by atoms with van der Waals surface area (Å²) in [5.74, 6) is 0.891. The Morgan fingerprint density at radius 3 is 2.58 bits per heavy atom. The standard InChI is InChI=1S/C26H34N2O5/c1-15-13-27-23(32)28(22(15)31)14-21(30)26(33)11-8-20-18-5-4-16-12-17(29)6-9-24(16,2)19(18)7-10-25(20,26)3/h12-13,18-20,33H,4-11,14H2,1-3H3,(H,27,32)/t18-,19+,20+,24+,25+,26-/m1/s1. The van der Waals surface area contributed by atoms with Crippen LogP contribution >= 0.6 is 0 Å². The second kappa shape index (κ2) is 7.36. The van der Waals surface area contributed by atoms with Gasteiger partial charge in [-0.05, 0) is 81.1 Å². The predicted octanol–water partition coefficient (Wildman–Crippen LogP) is 2.68. The number of aromatic nitrogens is 2. The summed E-state index contributed by atoms with van der Waals surface area (Å²) < 4.78 is 0.912. The summed E-state index contributed by atoms with van der Waals surface area (Å²) in [6.45, 7) is 5.54. The maximum atomic E-state index is 13.5. The van der Waals surface area contributed by atoms with Crippen LogP contribution in [0.15, 0.2) is 27.4 Å². The lowest BCUT2D eigenvalue weighted by Gasteiger charge is -2.58. The molecule has 33 heavy (non-hydrogen) atoms. The molecule has 0 bridgehead atoms. The van der Waals surface area contributed by atoms with Crippen molar-refractivity contribution in [3.05, 3.63) is 44.2 Å². The normalized spacial score (nSPS) is 39.9. The van der Waals surface area contributed by atoms with Gasteiger partial charge < -0.3 is 10.1 Å². The van der Waals surface area contributed by atoms with E-state index in [1.165, 1.54) is 11.8 Å². The van der Waals surface area contributed by atoms with Gasteiger partial charge in [-0.2, -0.15) is 0 Å². The summed E-state index contributed by atoms with van der Waals surface area (Å²) >= 11 is 0. The van der Waals surface area contributed by atoms with Crippen LogP contribution in [-0.2, 0) is 16.1 Å². The van der Waals surface area contributed by atoms with Crippen LogP contribution in [0.3, 0.4) is 0 Å². The van der Waals surface area contributed by atoms with E-state index >= 15 is 0 Å². The van der Waals surface area contributed by atoms with Crippen molar-refractivity contribution < 1.29 is 14.7 Å². The molecule has 6 atom stereocenters. The van der Waals surface area contributed by atoms with E-state index in [4.69, 9.17) is 0 Å². The minimum Gasteiger partial charge on any atom is -0.381 e. The van der Waals surface area contributed by atoms with Gasteiger partial charge in [0.25, 0.3) is 5.56 Å². The maximum absolute atomic E-state index is 13.5. The summed E-state index contributed by atoms with van der Waals surface area (Å²) in [6.07, 6.45) is 9.42. The van der Waals surface area contributed by atoms with Crippen LogP contribution in [0.25, 0.3) is 0 Å². The number of carbonyl (C=O) groups excluding carboxylic acids is 2. The van der Waals surface area contributed by atoms with Gasteiger partial charge >= 0.3 is 5.69 Å². The number of hydrogen-bond acceptors (Lipinski definition) is 5. The second-order valence-electron chi connectivity index (χ2n) is 11.4. The number of aryl methyl sites for hydroxylation is 1. The van der Waals surface area contributed by atoms with E-state index in [9.17, 15) is 24.3 Å². The number of aliphatic hydroxyl groups is 1. The van der Waals surface area contributed by atoms with Crippen molar-refractivity contribution >= 4 is 11.6 Å². The van der Waals surface area contributed by atoms with Crippen molar-refractivity contribution in [1.82, 2.24) is 9.55 Å². The zero-order valence-corrected chi connectivity index (χ0v) is 19.8. The highest BCUT2D eigenvalue weighted by Crippen LogP contribution is 2.67. The molecule has 0 amide bonds. The van der Waals surface area contributed by atoms with Gasteiger partial charge in [0.1, 0.15) is 5.60 Å². The van der Waals surface area contributed by atoms with Crippen LogP contribution in [0.1, 0.15) is 70.8 Å². The first-order valence-corrected chi connectivity index (χ1v) is 12.3. The van der Waals surface area contributed by atoms with Gasteiger partial charge in [-0.1, -0.05) is 19.4 Å². The van der Waals surface area contributed by atoms with Crippen molar-refractivity contribution in [1.29, 1.82) is 0 Å². The number of carbonyl (C=O) groups is 2. The zero-order valence-electron chi connectivity index (χ0n) is 19.8. The zero-order chi connectivity index (χ0) is 23.8. The smallest absolute Gasteiger partial charge is 0.328 e. The fourth-order valence-electron chi connectivity index (χ4n) is 8.07. The molecule has 5 rings (SSSR count). The summed E-state index contributed by atoms with van der Waals surface area (Å²) in [7, 11) is 0. The third-order valence-corrected chi connectivity index (χ3v) is 10.1. The molecule has 0 radical (unpaired) electrons. The number of nitrogens with one attached hydrogen (secondary N) is 1. The SMILES string of the molecule is Cc1c[nH]c(=O)n(CC(=O)[C@]2(O)CC[C@H]3[C@@H]4CCC5=CC(=O)CC[C@]5(C)[C@H]4CC[C@@]32C)c1=O. The Kier molecular flexibility index (Phi) is 5.02. The predicted molar refractivity (Wildman–Crippen MR) is 123 cm³/mol. The van der Waals surface area contributed by atoms with Crippen molar-refractivity contribution in [3.8, 4) is 0 Å². The van der Waals surface area contributed by atoms with Crippen molar-refractivity contribution in [2.24, 2.45) is 28.6 Å². The van der Waals surface area contributed by atoms with Crippen LogP contribution in [0, 0.1) is 35.5 Å². The molecule has 7 nitrogen and oxygen atoms in total. The number of Topliss-reactive ketones (excluding diaryl/α,β-unsaturated/α-hetero) is 1. The van der Waals surface area contributed by atoms with E-state index < -0.39 is 34.6 Å². The van der Waals surface area contributed by atoms with Gasteiger partial charge in [0.05, 0.1) is 6.54 Å². The molecule has 2 N–H and O–H groups in total. The third kappa shape index (κ3) is 3.04. The third-order valence-electron chi connectivity index (χ3n) is 10.1. The van der Waals surface area contributed by atoms with Crippen molar-refractivity contribution in [2.45, 2.75) is 84.3 Å². The molecule has 4 aliphatic carbocycles. The maximum Gasteiger partial charge on any atom is 0.328 e. The van der Waals surface area contributed by atoms with E-state index in [1.54, 1.807) is 6.92 Å². The molecule has 1 aromatic heterocycles. The fraction of sp³-hybridized carbons (Fsp3) is 0.692. The number of H-pyrrole nitrogens is 1. The van der Waals surface area contributed by atoms with E-state index in [0.717, 1.165) is 43.1 Å². The molecule has 4 aliphatic rings. The minimum atomic E-state index is -1.54. The summed E-state index contributed by atoms with van der Waals surface area (Å²) in [5, 5.41) is 11.8. The van der Waals surface area contributed by atoms with E-state index in [2.05, 4.69) is 11.9 Å². The Labute approximate surface area is 193 Å². The number of allylic oxidation sites excluding steroid dienone is 1. The minimum absolute atomic E-state index is 0.0328. The molecule has 1 heterocycles. The van der Waals surface area contributed by atoms with Gasteiger partial charge in [-0.3, -0.25) is 19.0 Å². The van der Waals surface area contributed by atoms with Gasteiger partial charge in [-0.15, -0.1) is 0 Å². The highest BCUT2D eigenvalue weighted by atomic mass is 16.3. The largest absolute Gasteiger partial charge is 0.381 e. The molecule has 0 saturated heterocycles. The summed E-state index contributed by atoms with van der Waals surface area (Å²) in [5.41, 5.74) is -1.56. The van der Waals surface area contributed by atoms with E-state index in [-0.39, 0.29) is 17.1 Å². The molecule has 0 unspecified atom stereocenters. The quantitative estimate of drug-likeness (QED) is 0.730. The first kappa shape index (κ1) is 22.5. The molecule has 7 heteroatoms. The number of ketones is 2. The van der Waals surface area contributed by atoms with Gasteiger partial charge in [0.15, 0.2) is 11.6 Å². The van der Waals surface area contributed by atoms with Gasteiger partial charge in [0.2, 0.25) is 0 Å². The lowest BCUT2D eigenvalue weighted by molar-refractivity contribution is -0.163. The molecule has 0 spiro atoms. The number of fused-ring (bicyclic) bond motifs is 5. The van der Waals surface area contributed by atoms with Crippen LogP contribution in [0.2, 0.25) is 0 Å². The average Bonchev–Trinajstić information content (AvgIpc) is 3.06. The monoisotopic (exact) mass is 454 g/mol. The molecule has 3 fully saturated rings. The molecule has 0 aromatic carbocycles. The highest BCUT2D eigenvalue weighted by Gasteiger charge is 2.66. The van der Waals surface area contributed by atoms with Gasteiger partial charge in [-0.25, -0.2) is 4.79 Å². The topological polar surface area (TPSA) is 109 Å². The highest BCUT2D eigenvalue weighted by molar-refractivity contribution is 5.91. The number of nitrogens with zero attached hydrogens (tertiary/aromatic N) is 1. The van der Waals surface area contributed by atoms with Gasteiger partial charge in [0, 0.05) is 23.6 Å². The fourth-order valence-corrected chi connectivity index (χ4v) is 8.07. The molecule has 178 valence electrons. The lowest BCUT2D eigenvalue weighted by Crippen LogP contribution is -2.58. The van der Waals surface area contributed by atoms with E-state index in [0.29, 0.717) is 30.2 Å². The van der Waals surface area contributed by atoms with Crippen LogP contribution < -0.4 is 11.2 Å². The van der Waals surface area contributed by atoms with Crippen LogP contribution in [-0.4, -0.2) is 31.8 Å². The Morgan fingerprint density at radius 1 is 1.09 bits per heavy atom. The lowest BCUT2D eigenvalue weighted by atomic mass is 9.46.